The molecule has 32 heteroatoms. The third-order valence-corrected chi connectivity index (χ3v) is 29.7. The van der Waals surface area contributed by atoms with Gasteiger partial charge in [0.2, 0.25) is 0 Å². The van der Waals surface area contributed by atoms with Gasteiger partial charge in [0.25, 0.3) is 0 Å². The van der Waals surface area contributed by atoms with Gasteiger partial charge >= 0.3 is 68.2 Å². The molecule has 100 heavy (non-hydrogen) atoms. The molecule has 8 aromatic rings. The first-order valence-corrected chi connectivity index (χ1v) is 41.1. The van der Waals surface area contributed by atoms with Gasteiger partial charge in [-0.15, -0.1) is 0 Å². The van der Waals surface area contributed by atoms with Crippen LogP contribution < -0.4 is 43.7 Å². The maximum atomic E-state index is 5.12. The summed E-state index contributed by atoms with van der Waals surface area (Å²) >= 11 is 0. The smallest absolute Gasteiger partial charge is 0.195 e. The van der Waals surface area contributed by atoms with Gasteiger partial charge in [-0.25, -0.2) is 0 Å². The van der Waals surface area contributed by atoms with Gasteiger partial charge in [0.05, 0.1) is 142 Å². The summed E-state index contributed by atoms with van der Waals surface area (Å²) in [5, 5.41) is 0. The zero-order valence-electron chi connectivity index (χ0n) is 61.2. The van der Waals surface area contributed by atoms with Crippen molar-refractivity contribution in [2.75, 3.05) is 142 Å². The maximum Gasteiger partial charge on any atom is 0.373 e. The van der Waals surface area contributed by atoms with E-state index in [1.807, 2.05) is 46.0 Å². The third-order valence-electron chi connectivity index (χ3n) is 15.4. The van der Waals surface area contributed by atoms with Crippen molar-refractivity contribution in [2.24, 2.45) is 0 Å². The summed E-state index contributed by atoms with van der Waals surface area (Å²) in [6.07, 6.45) is -2.43. The van der Waals surface area contributed by atoms with Crippen molar-refractivity contribution in [2.45, 2.75) is 0 Å². The van der Waals surface area contributed by atoms with E-state index in [4.69, 9.17) is 72.4 Å². The third kappa shape index (κ3) is 28.5. The molecular formula is C68H108B2N4O16P8Rh2+6. The molecule has 8 aromatic carbocycles. The van der Waals surface area contributed by atoms with Crippen molar-refractivity contribution in [3.63, 3.8) is 0 Å². The van der Waals surface area contributed by atoms with Crippen LogP contribution in [0.25, 0.3) is 0 Å². The molecule has 0 N–H and O–H groups in total. The molecule has 8 rings (SSSR count). The molecule has 0 spiro atoms. The van der Waals surface area contributed by atoms with Crippen LogP contribution in [0.15, 0.2) is 243 Å². The molecule has 0 saturated carbocycles. The van der Waals surface area contributed by atoms with Gasteiger partial charge < -0.3 is 0 Å². The van der Waals surface area contributed by atoms with Gasteiger partial charge in [-0.1, -0.05) is 243 Å². The monoisotopic (exact) mass is 1710 g/mol. The molecule has 554 valence electrons. The minimum atomic E-state index is -1.40. The van der Waals surface area contributed by atoms with Crippen LogP contribution in [-0.4, -0.2) is 172 Å². The van der Waals surface area contributed by atoms with Crippen molar-refractivity contribution in [1.82, 2.24) is 17.8 Å². The number of hydrogen-bond donors (Lipinski definition) is 0. The quantitative estimate of drug-likeness (QED) is 0.0289. The molecule has 0 atom stereocenters. The van der Waals surface area contributed by atoms with Crippen molar-refractivity contribution >= 4 is 124 Å². The normalized spacial score (nSPS) is 11.4. The van der Waals surface area contributed by atoms with Crippen LogP contribution in [0, 0.1) is 0 Å². The predicted molar refractivity (Wildman–Crippen MR) is 430 cm³/mol. The Hall–Kier alpha value is -2.22. The molecule has 2 radical (unpaired) electrons. The Morgan fingerprint density at radius 2 is 0.250 bits per heavy atom. The summed E-state index contributed by atoms with van der Waals surface area (Å²) in [6.45, 7) is 0. The van der Waals surface area contributed by atoms with Crippen molar-refractivity contribution < 1.29 is 111 Å². The second-order valence-corrected chi connectivity index (χ2v) is 38.6. The van der Waals surface area contributed by atoms with Crippen molar-refractivity contribution in [3.05, 3.63) is 243 Å². The first kappa shape index (κ1) is 95.8. The Labute approximate surface area is 633 Å². The van der Waals surface area contributed by atoms with Crippen LogP contribution in [-0.2, 0) is 111 Å². The number of rotatable bonds is 32. The topological polar surface area (TPSA) is 161 Å². The standard InChI is InChI=1S/2C24H20B.4C5H15NO4P2.2Rh/c2*1-5-13-21(14-6-1)25(22-15-7-2-8-16-22,23-17-9-3-10-18-23)24-19-11-4-12-20-24;4*1-6(11(7-2)8-3)12(9-4)10-5;;/h2*1-20H;4*1-5H3;;/q2*-1;;;;;;/p+8. The predicted octanol–water partition coefficient (Wildman–Crippen LogP) is 11.8. The average molecular weight is 1710 g/mol. The molecule has 0 aliphatic carbocycles. The number of nitrogens with zero attached hydrogens (tertiary/aromatic N) is 4. The van der Waals surface area contributed by atoms with Crippen molar-refractivity contribution in [1.29, 1.82) is 0 Å². The fourth-order valence-corrected chi connectivity index (χ4v) is 23.9. The fraction of sp³-hybridized carbons (Fsp3) is 0.294. The van der Waals surface area contributed by atoms with Gasteiger partial charge in [-0.3, -0.25) is 0 Å². The van der Waals surface area contributed by atoms with Crippen LogP contribution in [0.2, 0.25) is 0 Å². The molecule has 0 fully saturated rings. The van der Waals surface area contributed by atoms with E-state index in [1.165, 1.54) is 43.7 Å². The SMILES string of the molecule is CO[PH+](OC)N(C)[PH+](OC)OC.CO[PH+](OC)N(C)[PH+](OC)OC.CO[PH+](OC)N(C)[PH+](OC)OC.CO[PH+](OC)N(C)[PH+](OC)OC.[Rh].[Rh].c1ccc([B-](c2ccccc2)(c2ccccc2)c2ccccc2)cc1.c1ccc([B-](c2ccccc2)(c2ccccc2)c2ccccc2)cc1. The van der Waals surface area contributed by atoms with Gasteiger partial charge in [0.1, 0.15) is 12.3 Å². The van der Waals surface area contributed by atoms with E-state index < -0.39 is 80.5 Å². The maximum absolute atomic E-state index is 5.12. The summed E-state index contributed by atoms with van der Waals surface area (Å²) in [4.78, 5) is 0. The van der Waals surface area contributed by atoms with Crippen molar-refractivity contribution in [3.8, 4) is 0 Å². The van der Waals surface area contributed by atoms with Crippen LogP contribution in [0.5, 0.6) is 0 Å². The molecular weight excluding hydrogens is 1600 g/mol. The molecule has 0 amide bonds. The van der Waals surface area contributed by atoms with Gasteiger partial charge in [-0.2, -0.15) is 116 Å². The molecule has 0 aromatic heterocycles. The van der Waals surface area contributed by atoms with Gasteiger partial charge in [-0.05, 0) is 0 Å². The summed E-state index contributed by atoms with van der Waals surface area (Å²) in [5.41, 5.74) is 10.7. The van der Waals surface area contributed by atoms with Crippen LogP contribution in [0.3, 0.4) is 0 Å². The molecule has 0 saturated heterocycles. The Bertz CT molecular complexity index is 2560. The zero-order valence-corrected chi connectivity index (χ0v) is 72.5. The van der Waals surface area contributed by atoms with E-state index in [-0.39, 0.29) is 39.0 Å². The minimum absolute atomic E-state index is 0. The van der Waals surface area contributed by atoms with Crippen LogP contribution in [0.1, 0.15) is 0 Å². The van der Waals surface area contributed by atoms with Gasteiger partial charge in [0, 0.05) is 56.7 Å². The first-order valence-electron chi connectivity index (χ1n) is 31.0. The molecule has 0 aliphatic heterocycles. The fourth-order valence-electron chi connectivity index (χ4n) is 11.4. The van der Waals surface area contributed by atoms with E-state index in [9.17, 15) is 0 Å². The van der Waals surface area contributed by atoms with E-state index in [2.05, 4.69) is 243 Å². The second-order valence-electron chi connectivity index (χ2n) is 20.6. The zero-order chi connectivity index (χ0) is 72.1. The van der Waals surface area contributed by atoms with Crippen LogP contribution in [0.4, 0.5) is 0 Å². The van der Waals surface area contributed by atoms with E-state index >= 15 is 0 Å². The summed E-state index contributed by atoms with van der Waals surface area (Å²) < 4.78 is 89.4. The Kier molecular flexibility index (Phi) is 53.8. The van der Waals surface area contributed by atoms with E-state index in [0.29, 0.717) is 0 Å². The average Bonchev–Trinajstić information content (AvgIpc) is 0.747. The molecule has 0 heterocycles. The van der Waals surface area contributed by atoms with Gasteiger partial charge in [0.15, 0.2) is 0 Å². The Balaban J connectivity index is 0.000000623. The largest absolute Gasteiger partial charge is 0.373 e. The molecule has 0 aliphatic rings. The second kappa shape index (κ2) is 56.1. The first-order chi connectivity index (χ1) is 47.7. The summed E-state index contributed by atoms with van der Waals surface area (Å²) in [5.74, 6) is 0. The molecule has 20 nitrogen and oxygen atoms in total. The summed E-state index contributed by atoms with van der Waals surface area (Å²) in [6, 6.07) is 87.1. The molecule has 0 bridgehead atoms. The summed E-state index contributed by atoms with van der Waals surface area (Å²) in [7, 11) is 22.1. The van der Waals surface area contributed by atoms with E-state index in [0.717, 1.165) is 0 Å². The molecule has 0 unspecified atom stereocenters. The Morgan fingerprint density at radius 1 is 0.170 bits per heavy atom. The Morgan fingerprint density at radius 3 is 0.320 bits per heavy atom. The van der Waals surface area contributed by atoms with Crippen LogP contribution >= 0.6 is 68.2 Å². The number of hydrogen-bond acceptors (Lipinski definition) is 20. The number of benzene rings is 8. The van der Waals surface area contributed by atoms with E-state index in [1.54, 1.807) is 114 Å². The minimum Gasteiger partial charge on any atom is -0.195 e.